The van der Waals surface area contributed by atoms with Crippen LogP contribution < -0.4 is 5.32 Å². The molecule has 2 N–H and O–H groups in total. The molecule has 1 aliphatic carbocycles. The van der Waals surface area contributed by atoms with Crippen LogP contribution in [-0.4, -0.2) is 28.8 Å². The maximum Gasteiger partial charge on any atom is 0.404 e. The number of alkyl halides is 1. The fraction of sp³-hybridized carbons (Fsp3) is 0.500. The van der Waals surface area contributed by atoms with E-state index in [1.165, 1.54) is 5.56 Å². The number of carboxylic acid groups (broad SMARTS) is 1. The van der Waals surface area contributed by atoms with Crippen LogP contribution >= 0.6 is 50.1 Å². The first-order valence-electron chi connectivity index (χ1n) is 6.63. The van der Waals surface area contributed by atoms with Gasteiger partial charge in [-0.05, 0) is 37.0 Å². The van der Waals surface area contributed by atoms with Crippen molar-refractivity contribution in [3.05, 3.63) is 32.8 Å². The fourth-order valence-corrected chi connectivity index (χ4v) is 4.78. The lowest BCUT2D eigenvalue weighted by molar-refractivity contribution is -0.0399. The van der Waals surface area contributed by atoms with Crippen molar-refractivity contribution in [2.24, 2.45) is 0 Å². The van der Waals surface area contributed by atoms with Gasteiger partial charge < -0.3 is 15.2 Å². The van der Waals surface area contributed by atoms with Crippen LogP contribution in [0.15, 0.2) is 16.6 Å². The molecule has 0 aliphatic heterocycles. The van der Waals surface area contributed by atoms with Gasteiger partial charge in [-0.1, -0.05) is 50.1 Å². The zero-order valence-electron chi connectivity index (χ0n) is 11.3. The molecule has 4 nitrogen and oxygen atoms in total. The standard InChI is InChI=1S/C14H16BrClINO3/c15-10-6-9-2-1-3-14(8-17,12(9)11(16)7-10)21-5-4-18-13(19)20/h6-7,18H,1-5,8H2,(H,19,20). The molecule has 0 fully saturated rings. The minimum absolute atomic E-state index is 0.275. The minimum atomic E-state index is -1.03. The molecule has 0 heterocycles. The summed E-state index contributed by atoms with van der Waals surface area (Å²) in [5.74, 6) is 0. The summed E-state index contributed by atoms with van der Waals surface area (Å²) in [6, 6.07) is 3.99. The topological polar surface area (TPSA) is 58.6 Å². The van der Waals surface area contributed by atoms with Gasteiger partial charge in [0.2, 0.25) is 0 Å². The molecule has 7 heteroatoms. The quantitative estimate of drug-likeness (QED) is 0.368. The highest BCUT2D eigenvalue weighted by molar-refractivity contribution is 14.1. The molecule has 0 spiro atoms. The number of amides is 1. The van der Waals surface area contributed by atoms with Crippen molar-refractivity contribution in [1.82, 2.24) is 5.32 Å². The van der Waals surface area contributed by atoms with Crippen molar-refractivity contribution in [1.29, 1.82) is 0 Å². The smallest absolute Gasteiger partial charge is 0.404 e. The van der Waals surface area contributed by atoms with E-state index < -0.39 is 11.7 Å². The zero-order valence-corrected chi connectivity index (χ0v) is 15.8. The lowest BCUT2D eigenvalue weighted by Gasteiger charge is -2.38. The molecule has 1 atom stereocenters. The number of benzene rings is 1. The molecule has 1 aromatic rings. The van der Waals surface area contributed by atoms with Crippen molar-refractivity contribution < 1.29 is 14.6 Å². The molecule has 0 saturated heterocycles. The molecule has 0 aromatic heterocycles. The van der Waals surface area contributed by atoms with Crippen LogP contribution in [0.5, 0.6) is 0 Å². The predicted octanol–water partition coefficient (Wildman–Crippen LogP) is 4.35. The Labute approximate surface area is 150 Å². The summed E-state index contributed by atoms with van der Waals surface area (Å²) in [7, 11) is 0. The molecule has 1 unspecified atom stereocenters. The van der Waals surface area contributed by atoms with Gasteiger partial charge in [-0.3, -0.25) is 0 Å². The van der Waals surface area contributed by atoms with E-state index in [0.29, 0.717) is 11.6 Å². The van der Waals surface area contributed by atoms with Crippen LogP contribution in [-0.2, 0) is 16.8 Å². The number of halogens is 3. The lowest BCUT2D eigenvalue weighted by Crippen LogP contribution is -2.38. The highest BCUT2D eigenvalue weighted by atomic mass is 127. The van der Waals surface area contributed by atoms with Gasteiger partial charge in [0.05, 0.1) is 6.61 Å². The molecule has 21 heavy (non-hydrogen) atoms. The Morgan fingerprint density at radius 3 is 3.00 bits per heavy atom. The molecule has 0 radical (unpaired) electrons. The third kappa shape index (κ3) is 4.03. The Balaban J connectivity index is 2.23. The summed E-state index contributed by atoms with van der Waals surface area (Å²) < 4.78 is 7.84. The first-order valence-corrected chi connectivity index (χ1v) is 9.33. The van der Waals surface area contributed by atoms with Crippen molar-refractivity contribution in [2.45, 2.75) is 24.9 Å². The molecule has 2 rings (SSSR count). The van der Waals surface area contributed by atoms with E-state index >= 15 is 0 Å². The van der Waals surface area contributed by atoms with Crippen molar-refractivity contribution >= 4 is 56.2 Å². The monoisotopic (exact) mass is 487 g/mol. The first kappa shape index (κ1) is 17.3. The molecule has 1 amide bonds. The molecule has 0 saturated carbocycles. The summed E-state index contributed by atoms with van der Waals surface area (Å²) in [4.78, 5) is 10.5. The van der Waals surface area contributed by atoms with Crippen LogP contribution in [0.25, 0.3) is 0 Å². The normalized spacial score (nSPS) is 20.9. The van der Waals surface area contributed by atoms with Gasteiger partial charge in [-0.15, -0.1) is 0 Å². The first-order chi connectivity index (χ1) is 9.98. The summed E-state index contributed by atoms with van der Waals surface area (Å²) in [5.41, 5.74) is 1.85. The molecule has 1 aromatic carbocycles. The highest BCUT2D eigenvalue weighted by Gasteiger charge is 2.38. The molecular weight excluding hydrogens is 472 g/mol. The SMILES string of the molecule is O=C(O)NCCOC1(CI)CCCc2cc(Br)cc(Cl)c21. The number of aryl methyl sites for hydroxylation is 1. The van der Waals surface area contributed by atoms with Crippen LogP contribution in [0, 0.1) is 0 Å². The number of nitrogens with one attached hydrogen (secondary N) is 1. The van der Waals surface area contributed by atoms with E-state index in [-0.39, 0.29) is 6.54 Å². The summed E-state index contributed by atoms with van der Waals surface area (Å²) in [6.45, 7) is 0.609. The van der Waals surface area contributed by atoms with E-state index in [0.717, 1.165) is 33.7 Å². The van der Waals surface area contributed by atoms with Crippen molar-refractivity contribution in [3.63, 3.8) is 0 Å². The van der Waals surface area contributed by atoms with E-state index in [4.69, 9.17) is 21.4 Å². The third-order valence-electron chi connectivity index (χ3n) is 3.59. The van der Waals surface area contributed by atoms with Crippen LogP contribution in [0.1, 0.15) is 24.0 Å². The third-order valence-corrected chi connectivity index (χ3v) is 5.58. The Bertz CT molecular complexity index is 543. The number of ether oxygens (including phenoxy) is 1. The molecular formula is C14H16BrClINO3. The summed E-state index contributed by atoms with van der Waals surface area (Å²) >= 11 is 12.2. The summed E-state index contributed by atoms with van der Waals surface area (Å²) in [5, 5.41) is 11.6. The van der Waals surface area contributed by atoms with Crippen LogP contribution in [0.2, 0.25) is 5.02 Å². The number of fused-ring (bicyclic) bond motifs is 1. The van der Waals surface area contributed by atoms with Gasteiger partial charge in [0, 0.05) is 26.0 Å². The second-order valence-corrected chi connectivity index (χ2v) is 7.07. The Kier molecular flexibility index (Phi) is 6.16. The fourth-order valence-electron chi connectivity index (χ4n) is 2.74. The second kappa shape index (κ2) is 7.48. The van der Waals surface area contributed by atoms with E-state index in [9.17, 15) is 4.79 Å². The van der Waals surface area contributed by atoms with Gasteiger partial charge in [0.1, 0.15) is 5.60 Å². The van der Waals surface area contributed by atoms with Crippen molar-refractivity contribution in [3.8, 4) is 0 Å². The van der Waals surface area contributed by atoms with Crippen molar-refractivity contribution in [2.75, 3.05) is 17.6 Å². The molecule has 1 aliphatic rings. The summed E-state index contributed by atoms with van der Waals surface area (Å²) in [6.07, 6.45) is 1.89. The predicted molar refractivity (Wildman–Crippen MR) is 94.6 cm³/mol. The van der Waals surface area contributed by atoms with E-state index in [1.54, 1.807) is 0 Å². The Morgan fingerprint density at radius 1 is 1.57 bits per heavy atom. The lowest BCUT2D eigenvalue weighted by atomic mass is 9.80. The highest BCUT2D eigenvalue weighted by Crippen LogP contribution is 2.44. The molecule has 116 valence electrons. The van der Waals surface area contributed by atoms with Gasteiger partial charge in [-0.2, -0.15) is 0 Å². The largest absolute Gasteiger partial charge is 0.465 e. The van der Waals surface area contributed by atoms with Gasteiger partial charge >= 0.3 is 6.09 Å². The number of hydrogen-bond acceptors (Lipinski definition) is 2. The van der Waals surface area contributed by atoms with E-state index in [2.05, 4.69) is 49.9 Å². The minimum Gasteiger partial charge on any atom is -0.465 e. The van der Waals surface area contributed by atoms with Gasteiger partial charge in [-0.25, -0.2) is 4.79 Å². The van der Waals surface area contributed by atoms with Gasteiger partial charge in [0.15, 0.2) is 0 Å². The number of rotatable bonds is 5. The van der Waals surface area contributed by atoms with Gasteiger partial charge in [0.25, 0.3) is 0 Å². The maximum atomic E-state index is 10.5. The number of carbonyl (C=O) groups is 1. The maximum absolute atomic E-state index is 10.5. The van der Waals surface area contributed by atoms with Crippen LogP contribution in [0.3, 0.4) is 0 Å². The Hall–Kier alpha value is -0.0500. The average molecular weight is 489 g/mol. The van der Waals surface area contributed by atoms with Crippen LogP contribution in [0.4, 0.5) is 4.79 Å². The number of hydrogen-bond donors (Lipinski definition) is 2. The average Bonchev–Trinajstić information content (AvgIpc) is 2.42. The Morgan fingerprint density at radius 2 is 2.33 bits per heavy atom. The zero-order chi connectivity index (χ0) is 15.5. The van der Waals surface area contributed by atoms with E-state index in [1.807, 2.05) is 6.07 Å². The second-order valence-electron chi connectivity index (χ2n) is 4.98. The molecule has 0 bridgehead atoms.